The number of imidazole rings is 3. The minimum Gasteiger partial charge on any atom is -0.492 e. The average molecular weight is 1230 g/mol. The molecule has 0 radical (unpaired) electrons. The van der Waals surface area contributed by atoms with Crippen molar-refractivity contribution in [2.24, 2.45) is 0 Å². The third-order valence-electron chi connectivity index (χ3n) is 11.9. The standard InChI is InChI=1S/C38H48ClN15O22P4/c1-42-29-22-31(44-14-43-29)53(15-45-22)36-28(67-2)27(74-77(59,60)70-12-19-25(55)26(56)35(72-19)54-16-46-23-32(54)49-38(41)50-33(23)57)20(73-36)13-71-79(63,64)76-80(65,66)75-78(61,62)69-10-3-4-21-47-30-24(34(58)51-37(40)48-30)52(21)9-11-68-18-7-5-17(39)6-8-18/h5-8,14-16,19-20,25-28,35-36,55-56H,3-4,9-13H2,1-2H3,(H,59,60)(H,61,62)(H,63,64)(H,65,66)(H,42,43,44)(H3,40,48,51,58)(H3,41,49,50,57). The Morgan fingerprint density at radius 3 is 2.09 bits per heavy atom. The molecular weight excluding hydrogens is 1180 g/mol. The molecule has 0 aliphatic carbocycles. The zero-order valence-electron chi connectivity index (χ0n) is 41.1. The Bertz CT molecular complexity index is 3720. The maximum atomic E-state index is 13.8. The molecule has 434 valence electrons. The molecule has 37 nitrogen and oxygen atoms in total. The number of nitrogens with one attached hydrogen (secondary N) is 3. The second-order valence-corrected chi connectivity index (χ2v) is 23.6. The summed E-state index contributed by atoms with van der Waals surface area (Å²) in [5.41, 5.74) is 10.0. The number of anilines is 3. The Labute approximate surface area is 451 Å². The Kier molecular flexibility index (Phi) is 17.4. The number of aromatic amines is 2. The summed E-state index contributed by atoms with van der Waals surface area (Å²) in [5, 5.41) is 25.1. The predicted octanol–water partition coefficient (Wildman–Crippen LogP) is 0.365. The van der Waals surface area contributed by atoms with Gasteiger partial charge in [0.25, 0.3) is 11.1 Å². The molecule has 12 unspecified atom stereocenters. The van der Waals surface area contributed by atoms with E-state index in [9.17, 15) is 57.6 Å². The van der Waals surface area contributed by atoms with Crippen LogP contribution in [-0.4, -0.2) is 166 Å². The van der Waals surface area contributed by atoms with E-state index in [2.05, 4.69) is 58.8 Å². The lowest BCUT2D eigenvalue weighted by Gasteiger charge is -2.26. The van der Waals surface area contributed by atoms with Gasteiger partial charge in [-0.15, -0.1) is 0 Å². The van der Waals surface area contributed by atoms with E-state index in [-0.39, 0.29) is 83.0 Å². The topological polar surface area (TPSA) is 517 Å². The summed E-state index contributed by atoms with van der Waals surface area (Å²) >= 11 is 5.94. The number of nitrogens with zero attached hydrogens (tertiary/aromatic N) is 10. The summed E-state index contributed by atoms with van der Waals surface area (Å²) in [5.74, 6) is 0.438. The van der Waals surface area contributed by atoms with E-state index < -0.39 is 111 Å². The van der Waals surface area contributed by atoms with Crippen LogP contribution in [0.1, 0.15) is 24.7 Å². The molecule has 13 N–H and O–H groups in total. The average Bonchev–Trinajstić information content (AvgIpc) is 4.30. The maximum Gasteiger partial charge on any atom is 0.490 e. The predicted molar refractivity (Wildman–Crippen MR) is 270 cm³/mol. The van der Waals surface area contributed by atoms with Crippen molar-refractivity contribution in [3.8, 4) is 5.75 Å². The highest BCUT2D eigenvalue weighted by Crippen LogP contribution is 2.68. The summed E-state index contributed by atoms with van der Waals surface area (Å²) in [4.78, 5) is 101. The molecule has 8 heterocycles. The summed E-state index contributed by atoms with van der Waals surface area (Å²) in [7, 11) is -20.3. The monoisotopic (exact) mass is 1230 g/mol. The van der Waals surface area contributed by atoms with Crippen molar-refractivity contribution in [1.29, 1.82) is 0 Å². The fourth-order valence-corrected chi connectivity index (χ4v) is 13.1. The number of aliphatic hydroxyl groups excluding tert-OH is 2. The first-order chi connectivity index (χ1) is 37.8. The van der Waals surface area contributed by atoms with E-state index in [1.54, 1.807) is 31.3 Å². The first-order valence-electron chi connectivity index (χ1n) is 23.1. The second kappa shape index (κ2) is 23.6. The van der Waals surface area contributed by atoms with E-state index in [4.69, 9.17) is 60.1 Å². The number of benzene rings is 1. The van der Waals surface area contributed by atoms with Crippen LogP contribution in [0.3, 0.4) is 0 Å². The molecule has 2 aliphatic rings. The maximum absolute atomic E-state index is 13.8. The lowest BCUT2D eigenvalue weighted by atomic mass is 10.1. The van der Waals surface area contributed by atoms with Gasteiger partial charge in [-0.25, -0.2) is 43.2 Å². The fourth-order valence-electron chi connectivity index (χ4n) is 8.47. The summed E-state index contributed by atoms with van der Waals surface area (Å²) in [6, 6.07) is 6.49. The van der Waals surface area contributed by atoms with Crippen molar-refractivity contribution < 1.29 is 93.7 Å². The third-order valence-corrected chi connectivity index (χ3v) is 17.4. The van der Waals surface area contributed by atoms with Crippen LogP contribution < -0.4 is 32.6 Å². The highest BCUT2D eigenvalue weighted by atomic mass is 35.5. The number of H-pyrrole nitrogens is 2. The van der Waals surface area contributed by atoms with Crippen LogP contribution in [0.15, 0.2) is 52.8 Å². The van der Waals surface area contributed by atoms with Gasteiger partial charge in [0.2, 0.25) is 11.9 Å². The Morgan fingerprint density at radius 2 is 1.38 bits per heavy atom. The molecule has 42 heteroatoms. The minimum atomic E-state index is -6.09. The van der Waals surface area contributed by atoms with Crippen molar-refractivity contribution in [3.05, 3.63) is 74.8 Å². The van der Waals surface area contributed by atoms with Crippen LogP contribution in [0.4, 0.5) is 17.7 Å². The SMILES string of the molecule is CNc1ncnc2c1ncn2C1OC(COP(=O)(O)OP(=O)(O)OP(=O)(O)OCCCc2nc3nc(N)[nH]c(=O)c3n2CCOc2ccc(Cl)cc2)C(OP(=O)(O)OCC2OC(n3cnc4c(=O)[nH]c(N)nc43)C(O)C2O)C1OC. The minimum absolute atomic E-state index is 0.0238. The second-order valence-electron chi connectivity index (χ2n) is 17.1. The van der Waals surface area contributed by atoms with Gasteiger partial charge in [0, 0.05) is 25.6 Å². The Balaban J connectivity index is 0.843. The molecule has 1 aromatic carbocycles. The zero-order chi connectivity index (χ0) is 57.5. The molecule has 0 saturated carbocycles. The van der Waals surface area contributed by atoms with E-state index >= 15 is 0 Å². The van der Waals surface area contributed by atoms with Gasteiger partial charge in [-0.05, 0) is 30.7 Å². The number of halogens is 1. The van der Waals surface area contributed by atoms with Gasteiger partial charge in [-0.3, -0.25) is 46.8 Å². The van der Waals surface area contributed by atoms with Crippen molar-refractivity contribution in [3.63, 3.8) is 0 Å². The molecule has 0 spiro atoms. The largest absolute Gasteiger partial charge is 0.492 e. The number of nitrogens with two attached hydrogens (primary N) is 2. The van der Waals surface area contributed by atoms with Gasteiger partial charge in [0.1, 0.15) is 66.6 Å². The number of methoxy groups -OCH3 is 1. The van der Waals surface area contributed by atoms with E-state index in [1.807, 2.05) is 0 Å². The van der Waals surface area contributed by atoms with Gasteiger partial charge in [-0.2, -0.15) is 18.6 Å². The molecule has 80 heavy (non-hydrogen) atoms. The Morgan fingerprint density at radius 1 is 0.738 bits per heavy atom. The smallest absolute Gasteiger partial charge is 0.490 e. The lowest BCUT2D eigenvalue weighted by Crippen LogP contribution is -2.38. The molecular formula is C38H48ClN15O22P4. The van der Waals surface area contributed by atoms with E-state index in [0.29, 0.717) is 10.8 Å². The molecule has 2 fully saturated rings. The van der Waals surface area contributed by atoms with Gasteiger partial charge in [0.15, 0.2) is 46.2 Å². The van der Waals surface area contributed by atoms with Crippen LogP contribution in [-0.2, 0) is 72.2 Å². The first kappa shape index (κ1) is 58.9. The molecule has 0 bridgehead atoms. The van der Waals surface area contributed by atoms with E-state index in [1.165, 1.54) is 21.8 Å². The van der Waals surface area contributed by atoms with Crippen LogP contribution in [0.25, 0.3) is 33.5 Å². The zero-order valence-corrected chi connectivity index (χ0v) is 45.5. The molecule has 2 aliphatic heterocycles. The summed E-state index contributed by atoms with van der Waals surface area (Å²) < 4.78 is 109. The first-order valence-corrected chi connectivity index (χ1v) is 29.5. The number of nitrogen functional groups attached to an aromatic ring is 2. The number of phosphoric ester groups is 3. The molecule has 9 rings (SSSR count). The number of fused-ring (bicyclic) bond motifs is 3. The fraction of sp³-hybridized carbons (Fsp3) is 0.447. The van der Waals surface area contributed by atoms with Crippen molar-refractivity contribution in [2.45, 2.75) is 68.5 Å². The Hall–Kier alpha value is -5.72. The molecule has 7 aromatic rings. The number of phosphoric acid groups is 4. The molecule has 0 amide bonds. The third kappa shape index (κ3) is 13.1. The summed E-state index contributed by atoms with van der Waals surface area (Å²) in [6.45, 7) is -2.76. The van der Waals surface area contributed by atoms with Gasteiger partial charge >= 0.3 is 31.3 Å². The molecule has 12 atom stereocenters. The van der Waals surface area contributed by atoms with Gasteiger partial charge < -0.3 is 70.1 Å². The summed E-state index contributed by atoms with van der Waals surface area (Å²) in [6.07, 6.45) is -9.92. The van der Waals surface area contributed by atoms with Crippen molar-refractivity contribution in [2.75, 3.05) is 57.4 Å². The molecule has 6 aromatic heterocycles. The highest BCUT2D eigenvalue weighted by Gasteiger charge is 2.53. The van der Waals surface area contributed by atoms with Crippen LogP contribution in [0.2, 0.25) is 5.02 Å². The highest BCUT2D eigenvalue weighted by molar-refractivity contribution is 7.66. The quantitative estimate of drug-likeness (QED) is 0.0272. The molecule has 2 saturated heterocycles. The van der Waals surface area contributed by atoms with Crippen LogP contribution in [0, 0.1) is 0 Å². The number of aryl methyl sites for hydroxylation is 1. The van der Waals surface area contributed by atoms with Crippen LogP contribution in [0.5, 0.6) is 5.75 Å². The lowest BCUT2D eigenvalue weighted by molar-refractivity contribution is -0.0581. The number of aliphatic hydroxyl groups is 2. The number of aromatic nitrogens is 12. The van der Waals surface area contributed by atoms with Crippen molar-refractivity contribution in [1.82, 2.24) is 58.6 Å². The van der Waals surface area contributed by atoms with Gasteiger partial charge in [0.05, 0.1) is 39.0 Å². The number of ether oxygens (including phenoxy) is 4. The number of hydrogen-bond acceptors (Lipinski definition) is 28. The normalized spacial score (nSPS) is 24.5. The van der Waals surface area contributed by atoms with Crippen molar-refractivity contribution >= 4 is 94.1 Å². The number of hydrogen-bond donors (Lipinski definition) is 11. The van der Waals surface area contributed by atoms with E-state index in [0.717, 1.165) is 18.0 Å². The number of rotatable bonds is 25. The van der Waals surface area contributed by atoms with Crippen LogP contribution >= 0.6 is 42.9 Å². The van der Waals surface area contributed by atoms with Gasteiger partial charge in [-0.1, -0.05) is 11.6 Å².